The summed E-state index contributed by atoms with van der Waals surface area (Å²) in [6.45, 7) is 6.03. The number of carbonyl (C=O) groups is 1. The third kappa shape index (κ3) is 2.43. The van der Waals surface area contributed by atoms with Crippen molar-refractivity contribution in [3.63, 3.8) is 0 Å². The minimum atomic E-state index is 0.0136. The van der Waals surface area contributed by atoms with Crippen molar-refractivity contribution in [1.82, 2.24) is 4.98 Å². The standard InChI is InChI=1S/C12H18N2O2/c1-7(2)10-6-16-12(13-10)14-11(15)8(3)9-4-5-9/h6-9H,4-5H2,1-3H3,(H,13,14,15). The molecule has 1 aliphatic rings. The average molecular weight is 222 g/mol. The van der Waals surface area contributed by atoms with Gasteiger partial charge in [0.1, 0.15) is 6.26 Å². The second kappa shape index (κ2) is 4.28. The molecule has 1 fully saturated rings. The number of anilines is 1. The van der Waals surface area contributed by atoms with Crippen molar-refractivity contribution in [2.45, 2.75) is 39.5 Å². The zero-order valence-electron chi connectivity index (χ0n) is 9.99. The van der Waals surface area contributed by atoms with Gasteiger partial charge < -0.3 is 4.42 Å². The van der Waals surface area contributed by atoms with Crippen molar-refractivity contribution < 1.29 is 9.21 Å². The summed E-state index contributed by atoms with van der Waals surface area (Å²) >= 11 is 0. The SMILES string of the molecule is CC(C)c1coc(NC(=O)C(C)C2CC2)n1. The van der Waals surface area contributed by atoms with Crippen LogP contribution >= 0.6 is 0 Å². The van der Waals surface area contributed by atoms with Crippen LogP contribution in [-0.2, 0) is 4.79 Å². The molecular formula is C12H18N2O2. The van der Waals surface area contributed by atoms with Crippen molar-refractivity contribution in [3.05, 3.63) is 12.0 Å². The van der Waals surface area contributed by atoms with E-state index in [0.717, 1.165) is 18.5 Å². The molecule has 1 saturated carbocycles. The molecule has 2 rings (SSSR count). The Hall–Kier alpha value is -1.32. The first kappa shape index (κ1) is 11.2. The van der Waals surface area contributed by atoms with Crippen LogP contribution in [-0.4, -0.2) is 10.9 Å². The molecule has 1 heterocycles. The minimum absolute atomic E-state index is 0.0136. The quantitative estimate of drug-likeness (QED) is 0.852. The van der Waals surface area contributed by atoms with Gasteiger partial charge in [0.2, 0.25) is 5.91 Å². The maximum absolute atomic E-state index is 11.8. The number of hydrogen-bond acceptors (Lipinski definition) is 3. The number of rotatable bonds is 4. The van der Waals surface area contributed by atoms with Crippen LogP contribution in [0, 0.1) is 11.8 Å². The smallest absolute Gasteiger partial charge is 0.301 e. The lowest BCUT2D eigenvalue weighted by atomic mass is 10.1. The molecule has 0 radical (unpaired) electrons. The highest BCUT2D eigenvalue weighted by Gasteiger charge is 2.33. The van der Waals surface area contributed by atoms with Crippen LogP contribution in [0.25, 0.3) is 0 Å². The fourth-order valence-corrected chi connectivity index (χ4v) is 1.64. The van der Waals surface area contributed by atoms with Crippen molar-refractivity contribution in [1.29, 1.82) is 0 Å². The summed E-state index contributed by atoms with van der Waals surface area (Å²) in [6.07, 6.45) is 3.93. The topological polar surface area (TPSA) is 55.1 Å². The molecule has 88 valence electrons. The molecule has 1 unspecified atom stereocenters. The molecule has 0 spiro atoms. The third-order valence-corrected chi connectivity index (χ3v) is 3.09. The molecule has 0 bridgehead atoms. The Kier molecular flexibility index (Phi) is 2.99. The summed E-state index contributed by atoms with van der Waals surface area (Å²) in [5.74, 6) is 0.948. The van der Waals surface area contributed by atoms with Gasteiger partial charge in [-0.15, -0.1) is 0 Å². The van der Waals surface area contributed by atoms with Crippen LogP contribution < -0.4 is 5.32 Å². The molecular weight excluding hydrogens is 204 g/mol. The highest BCUT2D eigenvalue weighted by molar-refractivity contribution is 5.90. The van der Waals surface area contributed by atoms with Gasteiger partial charge in [0, 0.05) is 5.92 Å². The first-order valence-electron chi connectivity index (χ1n) is 5.84. The molecule has 0 saturated heterocycles. The Labute approximate surface area is 95.4 Å². The van der Waals surface area contributed by atoms with Crippen LogP contribution in [0.1, 0.15) is 45.2 Å². The number of nitrogens with one attached hydrogen (secondary N) is 1. The van der Waals surface area contributed by atoms with Crippen molar-refractivity contribution in [2.24, 2.45) is 11.8 Å². The van der Waals surface area contributed by atoms with Gasteiger partial charge in [-0.2, -0.15) is 4.98 Å². The summed E-state index contributed by atoms with van der Waals surface area (Å²) in [6, 6.07) is 0.321. The van der Waals surface area contributed by atoms with Gasteiger partial charge in [-0.05, 0) is 24.7 Å². The van der Waals surface area contributed by atoms with Crippen LogP contribution in [0.3, 0.4) is 0 Å². The van der Waals surface area contributed by atoms with Gasteiger partial charge in [0.05, 0.1) is 5.69 Å². The summed E-state index contributed by atoms with van der Waals surface area (Å²) in [7, 11) is 0. The maximum atomic E-state index is 11.8. The molecule has 1 atom stereocenters. The molecule has 0 aliphatic heterocycles. The van der Waals surface area contributed by atoms with Crippen molar-refractivity contribution in [3.8, 4) is 0 Å². The number of nitrogens with zero attached hydrogens (tertiary/aromatic N) is 1. The lowest BCUT2D eigenvalue weighted by molar-refractivity contribution is -0.120. The second-order valence-electron chi connectivity index (χ2n) is 4.85. The van der Waals surface area contributed by atoms with E-state index in [2.05, 4.69) is 10.3 Å². The van der Waals surface area contributed by atoms with E-state index in [4.69, 9.17) is 4.42 Å². The third-order valence-electron chi connectivity index (χ3n) is 3.09. The molecule has 16 heavy (non-hydrogen) atoms. The largest absolute Gasteiger partial charge is 0.432 e. The summed E-state index contributed by atoms with van der Waals surface area (Å²) in [5, 5.41) is 2.72. The number of oxazole rings is 1. The highest BCUT2D eigenvalue weighted by atomic mass is 16.4. The lowest BCUT2D eigenvalue weighted by Crippen LogP contribution is -2.21. The number of aromatic nitrogens is 1. The normalized spacial score (nSPS) is 17.5. The van der Waals surface area contributed by atoms with E-state index in [-0.39, 0.29) is 11.8 Å². The van der Waals surface area contributed by atoms with E-state index in [0.29, 0.717) is 17.9 Å². The Morgan fingerprint density at radius 3 is 2.69 bits per heavy atom. The molecule has 1 N–H and O–H groups in total. The average Bonchev–Trinajstić information content (AvgIpc) is 2.97. The Bertz CT molecular complexity index is 380. The van der Waals surface area contributed by atoms with Gasteiger partial charge in [-0.25, -0.2) is 0 Å². The monoisotopic (exact) mass is 222 g/mol. The Balaban J connectivity index is 1.94. The van der Waals surface area contributed by atoms with E-state index in [1.54, 1.807) is 6.26 Å². The summed E-state index contributed by atoms with van der Waals surface area (Å²) in [5.41, 5.74) is 0.870. The van der Waals surface area contributed by atoms with E-state index < -0.39 is 0 Å². The summed E-state index contributed by atoms with van der Waals surface area (Å²) in [4.78, 5) is 16.0. The number of amides is 1. The molecule has 1 aliphatic carbocycles. The van der Waals surface area contributed by atoms with Crippen LogP contribution in [0.2, 0.25) is 0 Å². The maximum Gasteiger partial charge on any atom is 0.301 e. The first-order chi connectivity index (χ1) is 7.58. The molecule has 4 heteroatoms. The fraction of sp³-hybridized carbons (Fsp3) is 0.667. The first-order valence-corrected chi connectivity index (χ1v) is 5.84. The molecule has 1 aromatic heterocycles. The van der Waals surface area contributed by atoms with Gasteiger partial charge in [0.15, 0.2) is 0 Å². The van der Waals surface area contributed by atoms with E-state index in [1.165, 1.54) is 0 Å². The fourth-order valence-electron chi connectivity index (χ4n) is 1.64. The van der Waals surface area contributed by atoms with Gasteiger partial charge >= 0.3 is 6.01 Å². The van der Waals surface area contributed by atoms with E-state index >= 15 is 0 Å². The van der Waals surface area contributed by atoms with Gasteiger partial charge in [0.25, 0.3) is 0 Å². The Morgan fingerprint density at radius 1 is 1.50 bits per heavy atom. The summed E-state index contributed by atoms with van der Waals surface area (Å²) < 4.78 is 5.20. The molecule has 1 amide bonds. The van der Waals surface area contributed by atoms with E-state index in [9.17, 15) is 4.79 Å². The van der Waals surface area contributed by atoms with Crippen molar-refractivity contribution >= 4 is 11.9 Å². The lowest BCUT2D eigenvalue weighted by Gasteiger charge is -2.07. The minimum Gasteiger partial charge on any atom is -0.432 e. The zero-order chi connectivity index (χ0) is 11.7. The molecule has 0 aromatic carbocycles. The predicted octanol–water partition coefficient (Wildman–Crippen LogP) is 2.78. The van der Waals surface area contributed by atoms with Crippen LogP contribution in [0.15, 0.2) is 10.7 Å². The number of hydrogen-bond donors (Lipinski definition) is 1. The second-order valence-corrected chi connectivity index (χ2v) is 4.85. The van der Waals surface area contributed by atoms with Crippen LogP contribution in [0.4, 0.5) is 6.01 Å². The van der Waals surface area contributed by atoms with E-state index in [1.807, 2.05) is 20.8 Å². The van der Waals surface area contributed by atoms with Gasteiger partial charge in [-0.3, -0.25) is 10.1 Å². The van der Waals surface area contributed by atoms with Gasteiger partial charge in [-0.1, -0.05) is 20.8 Å². The predicted molar refractivity (Wildman–Crippen MR) is 61.1 cm³/mol. The Morgan fingerprint density at radius 2 is 2.19 bits per heavy atom. The molecule has 4 nitrogen and oxygen atoms in total. The van der Waals surface area contributed by atoms with Crippen LogP contribution in [0.5, 0.6) is 0 Å². The molecule has 1 aromatic rings. The highest BCUT2D eigenvalue weighted by Crippen LogP contribution is 2.37. The number of carbonyl (C=O) groups excluding carboxylic acids is 1. The zero-order valence-corrected chi connectivity index (χ0v) is 9.99. The van der Waals surface area contributed by atoms with Crippen molar-refractivity contribution in [2.75, 3.05) is 5.32 Å².